The predicted molar refractivity (Wildman–Crippen MR) is 105 cm³/mol. The number of nitrogens with one attached hydrogen (secondary N) is 2. The summed E-state index contributed by atoms with van der Waals surface area (Å²) in [5, 5.41) is 7.16. The predicted octanol–water partition coefficient (Wildman–Crippen LogP) is 3.59. The molecule has 0 heterocycles. The number of anilines is 1. The summed E-state index contributed by atoms with van der Waals surface area (Å²) in [4.78, 5) is 2.17. The Kier molecular flexibility index (Phi) is 6.58. The highest BCUT2D eigenvalue weighted by molar-refractivity contribution is 7.80. The van der Waals surface area contributed by atoms with E-state index >= 15 is 0 Å². The number of benzene rings is 2. The van der Waals surface area contributed by atoms with Crippen molar-refractivity contribution in [3.05, 3.63) is 59.7 Å². The molecule has 0 unspecified atom stereocenters. The van der Waals surface area contributed by atoms with Crippen molar-refractivity contribution in [1.29, 1.82) is 0 Å². The van der Waals surface area contributed by atoms with Gasteiger partial charge in [-0.15, -0.1) is 0 Å². The highest BCUT2D eigenvalue weighted by Crippen LogP contribution is 2.20. The van der Waals surface area contributed by atoms with Crippen LogP contribution >= 0.6 is 12.2 Å². The van der Waals surface area contributed by atoms with Gasteiger partial charge >= 0.3 is 0 Å². The van der Waals surface area contributed by atoms with Crippen molar-refractivity contribution in [2.75, 3.05) is 33.1 Å². The molecule has 2 aromatic carbocycles. The Hall–Kier alpha value is -2.11. The molecule has 24 heavy (non-hydrogen) atoms. The van der Waals surface area contributed by atoms with Crippen molar-refractivity contribution >= 4 is 23.0 Å². The van der Waals surface area contributed by atoms with Crippen LogP contribution in [0.1, 0.15) is 17.2 Å². The maximum Gasteiger partial charge on any atom is 0.170 e. The average Bonchev–Trinajstić information content (AvgIpc) is 2.55. The van der Waals surface area contributed by atoms with Gasteiger partial charge in [0.1, 0.15) is 5.75 Å². The van der Waals surface area contributed by atoms with Gasteiger partial charge in [0.2, 0.25) is 0 Å². The van der Waals surface area contributed by atoms with Crippen LogP contribution in [0.5, 0.6) is 5.75 Å². The van der Waals surface area contributed by atoms with Crippen LogP contribution < -0.4 is 15.4 Å². The van der Waals surface area contributed by atoms with Crippen molar-refractivity contribution in [2.45, 2.75) is 13.0 Å². The van der Waals surface area contributed by atoms with E-state index in [2.05, 4.69) is 60.8 Å². The Morgan fingerprint density at radius 1 is 1.17 bits per heavy atom. The van der Waals surface area contributed by atoms with E-state index in [0.717, 1.165) is 18.0 Å². The highest BCUT2D eigenvalue weighted by Gasteiger charge is 2.14. The van der Waals surface area contributed by atoms with E-state index in [0.29, 0.717) is 5.11 Å². The summed E-state index contributed by atoms with van der Waals surface area (Å²) in [6, 6.07) is 16.5. The molecule has 1 atom stereocenters. The number of rotatable bonds is 6. The van der Waals surface area contributed by atoms with Gasteiger partial charge in [-0.25, -0.2) is 0 Å². The molecule has 4 nitrogen and oxygen atoms in total. The first-order valence-electron chi connectivity index (χ1n) is 7.91. The number of hydrogen-bond acceptors (Lipinski definition) is 3. The normalized spacial score (nSPS) is 11.9. The van der Waals surface area contributed by atoms with Gasteiger partial charge in [-0.05, 0) is 68.6 Å². The minimum absolute atomic E-state index is 0.216. The van der Waals surface area contributed by atoms with Gasteiger partial charge in [0.05, 0.1) is 13.2 Å². The number of methoxy groups -OCH3 is 1. The van der Waals surface area contributed by atoms with Crippen LogP contribution in [-0.4, -0.2) is 37.8 Å². The Balaban J connectivity index is 1.96. The van der Waals surface area contributed by atoms with Crippen LogP contribution in [0.4, 0.5) is 5.69 Å². The highest BCUT2D eigenvalue weighted by atomic mass is 32.1. The minimum Gasteiger partial charge on any atom is -0.497 e. The second-order valence-electron chi connectivity index (χ2n) is 5.96. The molecule has 0 amide bonds. The lowest BCUT2D eigenvalue weighted by Crippen LogP contribution is -2.36. The summed E-state index contributed by atoms with van der Waals surface area (Å²) in [6.07, 6.45) is 0. The van der Waals surface area contributed by atoms with Crippen molar-refractivity contribution in [3.63, 3.8) is 0 Å². The van der Waals surface area contributed by atoms with E-state index in [1.807, 2.05) is 24.3 Å². The summed E-state index contributed by atoms with van der Waals surface area (Å²) >= 11 is 5.41. The van der Waals surface area contributed by atoms with Crippen LogP contribution in [0.3, 0.4) is 0 Å². The zero-order valence-corrected chi connectivity index (χ0v) is 15.5. The monoisotopic (exact) mass is 343 g/mol. The number of thiocarbonyl (C=S) groups is 1. The van der Waals surface area contributed by atoms with E-state index in [1.165, 1.54) is 11.1 Å². The van der Waals surface area contributed by atoms with Crippen LogP contribution in [-0.2, 0) is 0 Å². The molecular formula is C19H25N3OS. The van der Waals surface area contributed by atoms with Crippen molar-refractivity contribution in [3.8, 4) is 5.75 Å². The van der Waals surface area contributed by atoms with Gasteiger partial charge in [0, 0.05) is 12.2 Å². The van der Waals surface area contributed by atoms with Gasteiger partial charge in [-0.3, -0.25) is 0 Å². The van der Waals surface area contributed by atoms with Crippen LogP contribution in [0.25, 0.3) is 0 Å². The van der Waals surface area contributed by atoms with Crippen molar-refractivity contribution < 1.29 is 4.74 Å². The lowest BCUT2D eigenvalue weighted by molar-refractivity contribution is 0.299. The summed E-state index contributed by atoms with van der Waals surface area (Å²) in [5.41, 5.74) is 3.41. The van der Waals surface area contributed by atoms with E-state index in [1.54, 1.807) is 7.11 Å². The van der Waals surface area contributed by atoms with Gasteiger partial charge in [-0.2, -0.15) is 0 Å². The SMILES string of the molecule is COc1ccc([C@@H](CNC(=S)Nc2cccc(C)c2)N(C)C)cc1. The second kappa shape index (κ2) is 8.66. The fraction of sp³-hybridized carbons (Fsp3) is 0.316. The average molecular weight is 343 g/mol. The Morgan fingerprint density at radius 3 is 2.46 bits per heavy atom. The maximum atomic E-state index is 5.41. The molecule has 0 aliphatic rings. The van der Waals surface area contributed by atoms with Gasteiger partial charge < -0.3 is 20.3 Å². The second-order valence-corrected chi connectivity index (χ2v) is 6.37. The fourth-order valence-corrected chi connectivity index (χ4v) is 2.71. The van der Waals surface area contributed by atoms with E-state index in [-0.39, 0.29) is 6.04 Å². The largest absolute Gasteiger partial charge is 0.497 e. The van der Waals surface area contributed by atoms with Crippen molar-refractivity contribution in [2.24, 2.45) is 0 Å². The standard InChI is InChI=1S/C19H25N3OS/c1-14-6-5-7-16(12-14)21-19(24)20-13-18(22(2)3)15-8-10-17(23-4)11-9-15/h5-12,18H,13H2,1-4H3,(H2,20,21,24)/t18-/m1/s1. The zero-order valence-electron chi connectivity index (χ0n) is 14.7. The fourth-order valence-electron chi connectivity index (χ4n) is 2.51. The molecule has 0 spiro atoms. The number of nitrogens with zero attached hydrogens (tertiary/aromatic N) is 1. The maximum absolute atomic E-state index is 5.41. The molecule has 128 valence electrons. The molecule has 2 rings (SSSR count). The summed E-state index contributed by atoms with van der Waals surface area (Å²) < 4.78 is 5.22. The first-order chi connectivity index (χ1) is 11.5. The lowest BCUT2D eigenvalue weighted by atomic mass is 10.1. The molecule has 0 aliphatic heterocycles. The molecule has 0 fully saturated rings. The van der Waals surface area contributed by atoms with Crippen LogP contribution in [0.15, 0.2) is 48.5 Å². The van der Waals surface area contributed by atoms with E-state index in [9.17, 15) is 0 Å². The molecule has 2 aromatic rings. The number of likely N-dealkylation sites (N-methyl/N-ethyl adjacent to an activating group) is 1. The number of hydrogen-bond donors (Lipinski definition) is 2. The van der Waals surface area contributed by atoms with Gasteiger partial charge in [0.25, 0.3) is 0 Å². The Morgan fingerprint density at radius 2 is 1.88 bits per heavy atom. The third-order valence-corrected chi connectivity index (χ3v) is 4.10. The number of ether oxygens (including phenoxy) is 1. The first-order valence-corrected chi connectivity index (χ1v) is 8.32. The van der Waals surface area contributed by atoms with E-state index in [4.69, 9.17) is 17.0 Å². The quantitative estimate of drug-likeness (QED) is 0.784. The van der Waals surface area contributed by atoms with Crippen LogP contribution in [0, 0.1) is 6.92 Å². The molecular weight excluding hydrogens is 318 g/mol. The summed E-state index contributed by atoms with van der Waals surface area (Å²) in [6.45, 7) is 2.78. The Labute approximate surface area is 149 Å². The molecule has 0 aromatic heterocycles. The Bertz CT molecular complexity index is 671. The zero-order chi connectivity index (χ0) is 17.5. The van der Waals surface area contributed by atoms with Crippen LogP contribution in [0.2, 0.25) is 0 Å². The molecule has 5 heteroatoms. The number of aryl methyl sites for hydroxylation is 1. The van der Waals surface area contributed by atoms with E-state index < -0.39 is 0 Å². The lowest BCUT2D eigenvalue weighted by Gasteiger charge is -2.26. The first kappa shape index (κ1) is 18.2. The van der Waals surface area contributed by atoms with Gasteiger partial charge in [-0.1, -0.05) is 24.3 Å². The molecule has 0 bridgehead atoms. The summed E-state index contributed by atoms with van der Waals surface area (Å²) in [7, 11) is 5.80. The molecule has 0 aliphatic carbocycles. The van der Waals surface area contributed by atoms with Crippen molar-refractivity contribution in [1.82, 2.24) is 10.2 Å². The minimum atomic E-state index is 0.216. The molecule has 2 N–H and O–H groups in total. The molecule has 0 saturated carbocycles. The molecule has 0 saturated heterocycles. The van der Waals surface area contributed by atoms with Gasteiger partial charge in [0.15, 0.2) is 5.11 Å². The molecule has 0 radical (unpaired) electrons. The summed E-state index contributed by atoms with van der Waals surface area (Å²) in [5.74, 6) is 0.862. The third kappa shape index (κ3) is 5.22. The topological polar surface area (TPSA) is 36.5 Å². The smallest absolute Gasteiger partial charge is 0.170 e. The third-order valence-electron chi connectivity index (χ3n) is 3.86.